The Morgan fingerprint density at radius 2 is 0.660 bits per heavy atom. The molecule has 0 aliphatic carbocycles. The number of hydrogen-bond donors (Lipinski definition) is 12. The van der Waals surface area contributed by atoms with Crippen LogP contribution in [0.4, 0.5) is 0 Å². The molecule has 3 heterocycles. The highest BCUT2D eigenvalue weighted by molar-refractivity contribution is 5.76. The third-order valence-corrected chi connectivity index (χ3v) is 20.0. The van der Waals surface area contributed by atoms with Crippen molar-refractivity contribution in [1.29, 1.82) is 0 Å². The summed E-state index contributed by atoms with van der Waals surface area (Å²) in [6.07, 6.45) is 66.3. The van der Waals surface area contributed by atoms with E-state index in [1.165, 1.54) is 167 Å². The molecule has 0 aromatic carbocycles. The molecule has 0 bridgehead atoms. The number of carbonyl (C=O) groups excluding carboxylic acids is 1. The Morgan fingerprint density at radius 3 is 1.06 bits per heavy atom. The number of nitrogens with one attached hydrogen (secondary N) is 1. The van der Waals surface area contributed by atoms with Crippen molar-refractivity contribution >= 4 is 5.91 Å². The number of allylic oxidation sites excluding steroid dienone is 19. The minimum absolute atomic E-state index is 0.229. The molecule has 3 fully saturated rings. The van der Waals surface area contributed by atoms with Crippen molar-refractivity contribution in [3.05, 3.63) is 122 Å². The van der Waals surface area contributed by atoms with Crippen LogP contribution in [0.2, 0.25) is 0 Å². The molecule has 17 unspecified atom stereocenters. The van der Waals surface area contributed by atoms with Crippen LogP contribution in [0.3, 0.4) is 0 Å². The first-order valence-corrected chi connectivity index (χ1v) is 41.8. The Morgan fingerprint density at radius 1 is 0.349 bits per heavy atom. The van der Waals surface area contributed by atoms with Crippen molar-refractivity contribution in [2.75, 3.05) is 26.4 Å². The van der Waals surface area contributed by atoms with Crippen molar-refractivity contribution in [3.8, 4) is 0 Å². The van der Waals surface area contributed by atoms with E-state index in [0.717, 1.165) is 89.9 Å². The van der Waals surface area contributed by atoms with Crippen LogP contribution in [0.1, 0.15) is 290 Å². The summed E-state index contributed by atoms with van der Waals surface area (Å²) in [5.74, 6) is -0.289. The van der Waals surface area contributed by atoms with Gasteiger partial charge >= 0.3 is 0 Å². The van der Waals surface area contributed by atoms with Crippen molar-refractivity contribution < 1.29 is 89.4 Å². The quantitative estimate of drug-likeness (QED) is 0.0199. The molecule has 0 aromatic heterocycles. The summed E-state index contributed by atoms with van der Waals surface area (Å²) in [6.45, 7) is 1.61. The van der Waals surface area contributed by atoms with Gasteiger partial charge in [-0.05, 0) is 103 Å². The monoisotopic (exact) mass is 1500 g/mol. The van der Waals surface area contributed by atoms with Crippen LogP contribution in [0.25, 0.3) is 0 Å². The zero-order valence-electron chi connectivity index (χ0n) is 65.4. The van der Waals surface area contributed by atoms with Gasteiger partial charge in [0.1, 0.15) is 73.2 Å². The molecule has 3 aliphatic heterocycles. The van der Waals surface area contributed by atoms with Crippen LogP contribution in [0, 0.1) is 0 Å². The van der Waals surface area contributed by atoms with Crippen LogP contribution in [0.5, 0.6) is 0 Å². The lowest BCUT2D eigenvalue weighted by Gasteiger charge is -2.48. The molecule has 610 valence electrons. The molecular formula is C87H149NO18. The van der Waals surface area contributed by atoms with Gasteiger partial charge in [-0.1, -0.05) is 302 Å². The standard InChI is InChI=1S/C87H149NO18/c1-3-5-7-9-11-13-15-17-19-21-23-25-26-27-28-29-30-31-32-33-34-35-36-37-38-39-40-41-42-43-44-45-47-49-51-53-55-57-59-61-63-65-75(93)88-70(71(92)64-62-60-58-56-54-52-50-48-46-24-22-20-18-16-14-12-10-8-6-4-2)69-101-85-81(99)78(96)83(73(67-90)103-85)106-87-82(100)79(97)84(74(68-91)104-87)105-86-80(98)77(95)76(94)72(66-89)102-86/h5,7,11,13,17,19,23,25,27-28,30-31,33-34,46,48,54,56,62,64,70-74,76-87,89-92,94-100H,3-4,6,8-10,12,14-16,18,20-22,24,26,29,32,35-45,47,49-53,55,57-61,63,65-69H2,1-2H3,(H,88,93)/b7-5-,13-11-,19-17-,25-23-,28-27-,31-30-,34-33-,48-46+,56-54+,64-62+. The van der Waals surface area contributed by atoms with E-state index in [-0.39, 0.29) is 18.9 Å². The summed E-state index contributed by atoms with van der Waals surface area (Å²) in [5, 5.41) is 121. The van der Waals surface area contributed by atoms with E-state index in [1.807, 2.05) is 6.08 Å². The third-order valence-electron chi connectivity index (χ3n) is 20.0. The molecule has 1 amide bonds. The highest BCUT2D eigenvalue weighted by Crippen LogP contribution is 2.33. The average molecular weight is 1500 g/mol. The lowest BCUT2D eigenvalue weighted by atomic mass is 9.96. The van der Waals surface area contributed by atoms with Gasteiger partial charge in [-0.2, -0.15) is 0 Å². The molecule has 106 heavy (non-hydrogen) atoms. The SMILES string of the molecule is CC/C=C\C/C=C\C/C=C\C/C=C\C/C=C\C/C=C\C/C=C\CCCCCCCCCCCCCCCCCCCCCC(=O)NC(COC1OC(CO)C(OC2OC(CO)C(OC3OC(CO)C(O)C(O)C3O)C(O)C2O)C(O)C1O)C(O)/C=C/CC/C=C/CC/C=C/CCCCCCCCCCCC. The van der Waals surface area contributed by atoms with E-state index >= 15 is 0 Å². The van der Waals surface area contributed by atoms with Gasteiger partial charge in [0, 0.05) is 6.42 Å². The molecule has 0 saturated carbocycles. The predicted molar refractivity (Wildman–Crippen MR) is 424 cm³/mol. The molecule has 0 spiro atoms. The first kappa shape index (κ1) is 96.4. The number of hydrogen-bond acceptors (Lipinski definition) is 18. The summed E-state index contributed by atoms with van der Waals surface area (Å²) in [7, 11) is 0. The molecule has 3 saturated heterocycles. The van der Waals surface area contributed by atoms with Crippen molar-refractivity contribution in [3.63, 3.8) is 0 Å². The van der Waals surface area contributed by atoms with E-state index in [2.05, 4.69) is 129 Å². The summed E-state index contributed by atoms with van der Waals surface area (Å²) < 4.78 is 34.4. The van der Waals surface area contributed by atoms with Crippen molar-refractivity contribution in [1.82, 2.24) is 5.32 Å². The Bertz CT molecular complexity index is 2390. The Hall–Kier alpha value is -3.81. The number of aliphatic hydroxyl groups excluding tert-OH is 11. The summed E-state index contributed by atoms with van der Waals surface area (Å²) in [4.78, 5) is 13.5. The molecule has 0 aromatic rings. The zero-order chi connectivity index (χ0) is 76.7. The normalized spacial score (nSPS) is 26.3. The van der Waals surface area contributed by atoms with Crippen LogP contribution in [-0.2, 0) is 33.2 Å². The van der Waals surface area contributed by atoms with E-state index in [1.54, 1.807) is 6.08 Å². The van der Waals surface area contributed by atoms with Crippen LogP contribution in [0.15, 0.2) is 122 Å². The molecule has 0 radical (unpaired) electrons. The molecular weight excluding hydrogens is 1350 g/mol. The van der Waals surface area contributed by atoms with Crippen LogP contribution < -0.4 is 5.32 Å². The van der Waals surface area contributed by atoms with Gasteiger partial charge in [0.2, 0.25) is 5.91 Å². The fraction of sp³-hybridized carbons (Fsp3) is 0.759. The minimum atomic E-state index is -1.99. The van der Waals surface area contributed by atoms with Gasteiger partial charge in [0.05, 0.1) is 38.6 Å². The third kappa shape index (κ3) is 44.9. The minimum Gasteiger partial charge on any atom is -0.394 e. The number of rotatable bonds is 65. The van der Waals surface area contributed by atoms with E-state index in [4.69, 9.17) is 28.4 Å². The van der Waals surface area contributed by atoms with Gasteiger partial charge in [0.25, 0.3) is 0 Å². The molecule has 19 nitrogen and oxygen atoms in total. The number of amides is 1. The summed E-state index contributed by atoms with van der Waals surface area (Å²) in [6, 6.07) is -1.00. The number of ether oxygens (including phenoxy) is 6. The largest absolute Gasteiger partial charge is 0.394 e. The smallest absolute Gasteiger partial charge is 0.220 e. The van der Waals surface area contributed by atoms with Gasteiger partial charge in [-0.25, -0.2) is 0 Å². The second kappa shape index (κ2) is 65.9. The van der Waals surface area contributed by atoms with Crippen molar-refractivity contribution in [2.45, 2.75) is 394 Å². The predicted octanol–water partition coefficient (Wildman–Crippen LogP) is 14.7. The van der Waals surface area contributed by atoms with Gasteiger partial charge in [0.15, 0.2) is 18.9 Å². The molecule has 12 N–H and O–H groups in total. The lowest BCUT2D eigenvalue weighted by molar-refractivity contribution is -0.379. The maximum atomic E-state index is 13.5. The first-order chi connectivity index (χ1) is 51.8. The average Bonchev–Trinajstić information content (AvgIpc) is 0.780. The number of carbonyl (C=O) groups is 1. The lowest BCUT2D eigenvalue weighted by Crippen LogP contribution is -2.66. The zero-order valence-corrected chi connectivity index (χ0v) is 65.4. The molecule has 19 heteroatoms. The second-order valence-electron chi connectivity index (χ2n) is 29.2. The second-order valence-corrected chi connectivity index (χ2v) is 29.2. The van der Waals surface area contributed by atoms with Crippen LogP contribution in [-0.4, -0.2) is 193 Å². The Labute approximate surface area is 639 Å². The van der Waals surface area contributed by atoms with E-state index in [0.29, 0.717) is 12.8 Å². The summed E-state index contributed by atoms with van der Waals surface area (Å²) in [5.41, 5.74) is 0. The molecule has 3 aliphatic rings. The van der Waals surface area contributed by atoms with Crippen molar-refractivity contribution in [2.24, 2.45) is 0 Å². The fourth-order valence-corrected chi connectivity index (χ4v) is 13.3. The van der Waals surface area contributed by atoms with E-state index in [9.17, 15) is 61.0 Å². The van der Waals surface area contributed by atoms with E-state index < -0.39 is 124 Å². The van der Waals surface area contributed by atoms with Gasteiger partial charge in [-0.3, -0.25) is 4.79 Å². The van der Waals surface area contributed by atoms with Gasteiger partial charge in [-0.15, -0.1) is 0 Å². The Balaban J connectivity index is 1.32. The highest BCUT2D eigenvalue weighted by Gasteiger charge is 2.54. The number of aliphatic hydroxyl groups is 11. The fourth-order valence-electron chi connectivity index (χ4n) is 13.3. The summed E-state index contributed by atoms with van der Waals surface area (Å²) >= 11 is 0. The highest BCUT2D eigenvalue weighted by atomic mass is 16.8. The topological polar surface area (TPSA) is 307 Å². The maximum Gasteiger partial charge on any atom is 0.220 e. The molecule has 3 rings (SSSR count). The first-order valence-electron chi connectivity index (χ1n) is 41.8. The van der Waals surface area contributed by atoms with Gasteiger partial charge < -0.3 is 89.9 Å². The maximum absolute atomic E-state index is 13.5. The molecule has 17 atom stereocenters. The number of unbranched alkanes of at least 4 members (excludes halogenated alkanes) is 31. The van der Waals surface area contributed by atoms with Crippen LogP contribution >= 0.6 is 0 Å². The Kier molecular flexibility index (Phi) is 59.9.